The topological polar surface area (TPSA) is 43.4 Å². The molecule has 1 rings (SSSR count). The van der Waals surface area contributed by atoms with Crippen LogP contribution in [-0.2, 0) is 15.7 Å². The highest BCUT2D eigenvalue weighted by Crippen LogP contribution is 2.29. The average Bonchev–Trinajstić information content (AvgIpc) is 2.44. The zero-order valence-corrected chi connectivity index (χ0v) is 11.7. The van der Waals surface area contributed by atoms with Gasteiger partial charge in [0, 0.05) is 12.0 Å². The Morgan fingerprint density at radius 3 is 2.52 bits per heavy atom. The molecule has 0 atom stereocenters. The van der Waals surface area contributed by atoms with Gasteiger partial charge in [0.25, 0.3) is 0 Å². The monoisotopic (exact) mass is 302 g/mol. The molecule has 0 aliphatic carbocycles. The summed E-state index contributed by atoms with van der Waals surface area (Å²) in [4.78, 5) is 23.1. The summed E-state index contributed by atoms with van der Waals surface area (Å²) in [6, 6.07) is 4.18. The van der Waals surface area contributed by atoms with E-state index in [9.17, 15) is 22.8 Å². The van der Waals surface area contributed by atoms with Crippen LogP contribution in [0.4, 0.5) is 13.2 Å². The molecule has 0 N–H and O–H groups in total. The van der Waals surface area contributed by atoms with E-state index in [1.807, 2.05) is 6.92 Å². The summed E-state index contributed by atoms with van der Waals surface area (Å²) in [5, 5.41) is 0. The van der Waals surface area contributed by atoms with E-state index < -0.39 is 23.5 Å². The lowest BCUT2D eigenvalue weighted by Crippen LogP contribution is -2.10. The number of carbonyl (C=O) groups is 2. The van der Waals surface area contributed by atoms with Crippen LogP contribution in [0.3, 0.4) is 0 Å². The molecule has 0 saturated carbocycles. The molecule has 6 heteroatoms. The van der Waals surface area contributed by atoms with E-state index in [1.54, 1.807) is 0 Å². The third-order valence-electron chi connectivity index (χ3n) is 2.83. The number of ketones is 1. The molecule has 0 aliphatic rings. The van der Waals surface area contributed by atoms with Crippen molar-refractivity contribution < 1.29 is 27.5 Å². The lowest BCUT2D eigenvalue weighted by atomic mass is 10.0. The van der Waals surface area contributed by atoms with E-state index in [2.05, 4.69) is 0 Å². The van der Waals surface area contributed by atoms with Crippen LogP contribution in [0.15, 0.2) is 24.3 Å². The predicted molar refractivity (Wildman–Crippen MR) is 70.9 cm³/mol. The number of carbonyl (C=O) groups excluding carboxylic acids is 2. The quantitative estimate of drug-likeness (QED) is 0.434. The summed E-state index contributed by atoms with van der Waals surface area (Å²) in [6.45, 7) is 2.25. The summed E-state index contributed by atoms with van der Waals surface area (Å²) in [7, 11) is 0. The summed E-state index contributed by atoms with van der Waals surface area (Å²) in [5.41, 5.74) is -0.926. The Bertz CT molecular complexity index is 495. The van der Waals surface area contributed by atoms with Gasteiger partial charge in [-0.05, 0) is 18.6 Å². The second-order valence-corrected chi connectivity index (χ2v) is 4.58. The van der Waals surface area contributed by atoms with Crippen LogP contribution in [0.2, 0.25) is 0 Å². The van der Waals surface area contributed by atoms with Crippen molar-refractivity contribution in [3.8, 4) is 0 Å². The lowest BCUT2D eigenvalue weighted by molar-refractivity contribution is -0.143. The molecule has 0 fully saturated rings. The summed E-state index contributed by atoms with van der Waals surface area (Å²) in [6.07, 6.45) is -3.15. The maximum Gasteiger partial charge on any atom is 0.416 e. The number of hydrogen-bond donors (Lipinski definition) is 0. The van der Waals surface area contributed by atoms with Gasteiger partial charge in [0.2, 0.25) is 0 Å². The van der Waals surface area contributed by atoms with E-state index in [4.69, 9.17) is 4.74 Å². The Morgan fingerprint density at radius 2 is 1.90 bits per heavy atom. The molecule has 0 bridgehead atoms. The fourth-order valence-electron chi connectivity index (χ4n) is 1.63. The molecule has 0 unspecified atom stereocenters. The minimum absolute atomic E-state index is 0.0498. The van der Waals surface area contributed by atoms with Gasteiger partial charge < -0.3 is 4.74 Å². The molecule has 21 heavy (non-hydrogen) atoms. The number of halogens is 3. The van der Waals surface area contributed by atoms with E-state index in [-0.39, 0.29) is 18.4 Å². The fraction of sp³-hybridized carbons (Fsp3) is 0.467. The standard InChI is InChI=1S/C15H17F3O3/c1-2-3-9-21-14(20)8-7-13(19)11-5-4-6-12(10-11)15(16,17)18/h4-6,10H,2-3,7-9H2,1H3. The second-order valence-electron chi connectivity index (χ2n) is 4.58. The summed E-state index contributed by atoms with van der Waals surface area (Å²) < 4.78 is 42.5. The molecule has 0 radical (unpaired) electrons. The van der Waals surface area contributed by atoms with Gasteiger partial charge in [-0.3, -0.25) is 9.59 Å². The van der Waals surface area contributed by atoms with E-state index in [0.717, 1.165) is 25.0 Å². The van der Waals surface area contributed by atoms with Crippen LogP contribution < -0.4 is 0 Å². The highest BCUT2D eigenvalue weighted by Gasteiger charge is 2.30. The van der Waals surface area contributed by atoms with Gasteiger partial charge in [-0.1, -0.05) is 25.5 Å². The maximum absolute atomic E-state index is 12.5. The molecular formula is C15H17F3O3. The number of Topliss-reactive ketones (excluding diaryl/α,β-unsaturated/α-hetero) is 1. The highest BCUT2D eigenvalue weighted by molar-refractivity contribution is 5.97. The molecule has 1 aromatic rings. The number of esters is 1. The number of ether oxygens (including phenoxy) is 1. The second kappa shape index (κ2) is 7.81. The van der Waals surface area contributed by atoms with Crippen molar-refractivity contribution in [1.82, 2.24) is 0 Å². The van der Waals surface area contributed by atoms with Gasteiger partial charge in [0.1, 0.15) is 0 Å². The van der Waals surface area contributed by atoms with Crippen molar-refractivity contribution in [1.29, 1.82) is 0 Å². The molecule has 3 nitrogen and oxygen atoms in total. The molecule has 0 spiro atoms. The molecule has 0 aliphatic heterocycles. The van der Waals surface area contributed by atoms with Crippen LogP contribution in [0, 0.1) is 0 Å². The first-order valence-corrected chi connectivity index (χ1v) is 6.70. The third kappa shape index (κ3) is 5.97. The molecule has 0 saturated heterocycles. The van der Waals surface area contributed by atoms with Gasteiger partial charge >= 0.3 is 12.1 Å². The SMILES string of the molecule is CCCCOC(=O)CCC(=O)c1cccc(C(F)(F)F)c1. The lowest BCUT2D eigenvalue weighted by Gasteiger charge is -2.08. The van der Waals surface area contributed by atoms with Crippen molar-refractivity contribution in [3.05, 3.63) is 35.4 Å². The number of alkyl halides is 3. The predicted octanol–water partition coefficient (Wildman–Crippen LogP) is 4.01. The van der Waals surface area contributed by atoms with Crippen LogP contribution in [0.5, 0.6) is 0 Å². The van der Waals surface area contributed by atoms with Crippen molar-refractivity contribution in [2.24, 2.45) is 0 Å². The van der Waals surface area contributed by atoms with E-state index in [0.29, 0.717) is 6.61 Å². The van der Waals surface area contributed by atoms with Crippen molar-refractivity contribution in [2.45, 2.75) is 38.8 Å². The van der Waals surface area contributed by atoms with Crippen molar-refractivity contribution in [3.63, 3.8) is 0 Å². The van der Waals surface area contributed by atoms with Gasteiger partial charge in [-0.25, -0.2) is 0 Å². The summed E-state index contributed by atoms with van der Waals surface area (Å²) in [5.74, 6) is -1.02. The van der Waals surface area contributed by atoms with Crippen LogP contribution in [0.1, 0.15) is 48.5 Å². The third-order valence-corrected chi connectivity index (χ3v) is 2.83. The number of unbranched alkanes of at least 4 members (excludes halogenated alkanes) is 1. The zero-order valence-electron chi connectivity index (χ0n) is 11.7. The van der Waals surface area contributed by atoms with Crippen LogP contribution in [-0.4, -0.2) is 18.4 Å². The molecule has 0 aromatic heterocycles. The number of hydrogen-bond acceptors (Lipinski definition) is 3. The number of benzene rings is 1. The molecule has 0 heterocycles. The largest absolute Gasteiger partial charge is 0.466 e. The average molecular weight is 302 g/mol. The van der Waals surface area contributed by atoms with Gasteiger partial charge in [0.05, 0.1) is 18.6 Å². The molecular weight excluding hydrogens is 285 g/mol. The molecule has 1 aromatic carbocycles. The Kier molecular flexibility index (Phi) is 6.39. The number of rotatable bonds is 7. The smallest absolute Gasteiger partial charge is 0.416 e. The zero-order chi connectivity index (χ0) is 15.9. The summed E-state index contributed by atoms with van der Waals surface area (Å²) >= 11 is 0. The van der Waals surface area contributed by atoms with Crippen LogP contribution in [0.25, 0.3) is 0 Å². The Balaban J connectivity index is 2.54. The normalized spacial score (nSPS) is 11.2. The minimum atomic E-state index is -4.49. The first kappa shape index (κ1) is 17.2. The van der Waals surface area contributed by atoms with Crippen molar-refractivity contribution >= 4 is 11.8 Å². The van der Waals surface area contributed by atoms with Crippen molar-refractivity contribution in [2.75, 3.05) is 6.61 Å². The van der Waals surface area contributed by atoms with Gasteiger partial charge in [0.15, 0.2) is 5.78 Å². The van der Waals surface area contributed by atoms with E-state index in [1.165, 1.54) is 12.1 Å². The van der Waals surface area contributed by atoms with Crippen LogP contribution >= 0.6 is 0 Å². The Hall–Kier alpha value is -1.85. The molecule has 0 amide bonds. The fourth-order valence-corrected chi connectivity index (χ4v) is 1.63. The Labute approximate surface area is 121 Å². The molecule has 116 valence electrons. The van der Waals surface area contributed by atoms with E-state index >= 15 is 0 Å². The first-order valence-electron chi connectivity index (χ1n) is 6.70. The first-order chi connectivity index (χ1) is 9.84. The Morgan fingerprint density at radius 1 is 1.19 bits per heavy atom. The highest BCUT2D eigenvalue weighted by atomic mass is 19.4. The maximum atomic E-state index is 12.5. The van der Waals surface area contributed by atoms with Gasteiger partial charge in [-0.15, -0.1) is 0 Å². The minimum Gasteiger partial charge on any atom is -0.466 e. The van der Waals surface area contributed by atoms with Gasteiger partial charge in [-0.2, -0.15) is 13.2 Å².